The molecule has 0 atom stereocenters. The number of nitrogens with one attached hydrogen (secondary N) is 1. The van der Waals surface area contributed by atoms with Crippen LogP contribution in [0, 0.1) is 13.8 Å². The van der Waals surface area contributed by atoms with Gasteiger partial charge in [-0.15, -0.1) is 11.3 Å². The summed E-state index contributed by atoms with van der Waals surface area (Å²) in [4.78, 5) is 31.2. The molecule has 0 aliphatic carbocycles. The maximum absolute atomic E-state index is 12.6. The predicted molar refractivity (Wildman–Crippen MR) is 113 cm³/mol. The first-order valence-electron chi connectivity index (χ1n) is 9.52. The van der Waals surface area contributed by atoms with Gasteiger partial charge in [-0.1, -0.05) is 6.07 Å². The third-order valence-electron chi connectivity index (χ3n) is 4.97. The summed E-state index contributed by atoms with van der Waals surface area (Å²) in [7, 11) is 0. The van der Waals surface area contributed by atoms with Crippen LogP contribution in [-0.2, 0) is 4.79 Å². The number of rotatable bonds is 5. The van der Waals surface area contributed by atoms with E-state index in [4.69, 9.17) is 0 Å². The van der Waals surface area contributed by atoms with Crippen LogP contribution in [0.1, 0.15) is 17.8 Å². The monoisotopic (exact) mass is 396 g/mol. The molecule has 0 radical (unpaired) electrons. The van der Waals surface area contributed by atoms with Crippen LogP contribution in [-0.4, -0.2) is 58.5 Å². The fourth-order valence-electron chi connectivity index (χ4n) is 3.49. The van der Waals surface area contributed by atoms with Crippen LogP contribution in [0.5, 0.6) is 0 Å². The molecule has 0 spiro atoms. The Labute approximate surface area is 168 Å². The fourth-order valence-corrected chi connectivity index (χ4v) is 4.46. The van der Waals surface area contributed by atoms with Gasteiger partial charge in [-0.25, -0.2) is 15.0 Å². The van der Waals surface area contributed by atoms with Crippen LogP contribution in [0.15, 0.2) is 29.8 Å². The molecule has 4 heterocycles. The number of hydrogen-bond acceptors (Lipinski definition) is 7. The first-order valence-corrected chi connectivity index (χ1v) is 10.4. The number of hydrogen-bond donors (Lipinski definition) is 1. The molecule has 1 aliphatic rings. The number of aromatic nitrogens is 3. The topological polar surface area (TPSA) is 74.2 Å². The Morgan fingerprint density at radius 1 is 1.18 bits per heavy atom. The minimum Gasteiger partial charge on any atom is -0.369 e. The molecule has 0 saturated carbocycles. The lowest BCUT2D eigenvalue weighted by Gasteiger charge is -2.35. The van der Waals surface area contributed by atoms with Crippen LogP contribution in [0.3, 0.4) is 0 Å². The van der Waals surface area contributed by atoms with Gasteiger partial charge in [0.25, 0.3) is 0 Å². The maximum Gasteiger partial charge on any atom is 0.224 e. The van der Waals surface area contributed by atoms with E-state index in [-0.39, 0.29) is 5.91 Å². The summed E-state index contributed by atoms with van der Waals surface area (Å²) in [6, 6.07) is 5.92. The van der Waals surface area contributed by atoms with Gasteiger partial charge in [-0.2, -0.15) is 0 Å². The Morgan fingerprint density at radius 3 is 2.75 bits per heavy atom. The minimum atomic E-state index is 0.178. The molecule has 1 saturated heterocycles. The summed E-state index contributed by atoms with van der Waals surface area (Å²) in [5.41, 5.74) is 1.17. The molecule has 1 N–H and O–H groups in total. The Morgan fingerprint density at radius 2 is 2.00 bits per heavy atom. The first-order chi connectivity index (χ1) is 13.6. The number of aryl methyl sites for hydroxylation is 2. The SMILES string of the molecule is Cc1nc(NCCC(=O)N2CCN(c3ccccn3)CC2)c2c(C)csc2n1. The number of piperazine rings is 1. The largest absolute Gasteiger partial charge is 0.369 e. The molecular weight excluding hydrogens is 372 g/mol. The Kier molecular flexibility index (Phi) is 5.38. The zero-order valence-corrected chi connectivity index (χ0v) is 17.0. The molecule has 4 rings (SSSR count). The second-order valence-corrected chi connectivity index (χ2v) is 7.81. The normalized spacial score (nSPS) is 14.5. The quantitative estimate of drug-likeness (QED) is 0.715. The van der Waals surface area contributed by atoms with Crippen molar-refractivity contribution in [2.45, 2.75) is 20.3 Å². The molecule has 1 aliphatic heterocycles. The number of carbonyl (C=O) groups is 1. The zero-order chi connectivity index (χ0) is 19.5. The van der Waals surface area contributed by atoms with Gasteiger partial charge in [0.1, 0.15) is 22.3 Å². The van der Waals surface area contributed by atoms with E-state index >= 15 is 0 Å². The highest BCUT2D eigenvalue weighted by atomic mass is 32.1. The van der Waals surface area contributed by atoms with Gasteiger partial charge in [0.2, 0.25) is 5.91 Å². The van der Waals surface area contributed by atoms with E-state index in [0.717, 1.165) is 53.9 Å². The van der Waals surface area contributed by atoms with Crippen molar-refractivity contribution in [3.63, 3.8) is 0 Å². The Hall–Kier alpha value is -2.74. The molecule has 0 bridgehead atoms. The van der Waals surface area contributed by atoms with Gasteiger partial charge >= 0.3 is 0 Å². The molecule has 0 unspecified atom stereocenters. The molecule has 3 aromatic rings. The number of carbonyl (C=O) groups excluding carboxylic acids is 1. The van der Waals surface area contributed by atoms with Crippen LogP contribution in [0.2, 0.25) is 0 Å². The van der Waals surface area contributed by atoms with Crippen molar-refractivity contribution in [1.82, 2.24) is 19.9 Å². The number of fused-ring (bicyclic) bond motifs is 1. The van der Waals surface area contributed by atoms with Gasteiger partial charge in [0.15, 0.2) is 0 Å². The summed E-state index contributed by atoms with van der Waals surface area (Å²) in [5, 5.41) is 6.50. The fraction of sp³-hybridized carbons (Fsp3) is 0.400. The molecule has 1 amide bonds. The average Bonchev–Trinajstić information content (AvgIpc) is 3.09. The molecule has 0 aromatic carbocycles. The van der Waals surface area contributed by atoms with Gasteiger partial charge in [0, 0.05) is 45.3 Å². The van der Waals surface area contributed by atoms with Crippen molar-refractivity contribution in [2.24, 2.45) is 0 Å². The van der Waals surface area contributed by atoms with Crippen molar-refractivity contribution < 1.29 is 4.79 Å². The lowest BCUT2D eigenvalue weighted by atomic mass is 10.2. The first kappa shape index (κ1) is 18.6. The van der Waals surface area contributed by atoms with Crippen LogP contribution in [0.4, 0.5) is 11.6 Å². The lowest BCUT2D eigenvalue weighted by Crippen LogP contribution is -2.49. The zero-order valence-electron chi connectivity index (χ0n) is 16.2. The van der Waals surface area contributed by atoms with Crippen LogP contribution >= 0.6 is 11.3 Å². The number of thiophene rings is 1. The van der Waals surface area contributed by atoms with E-state index in [9.17, 15) is 4.79 Å². The van der Waals surface area contributed by atoms with E-state index in [2.05, 4.69) is 37.5 Å². The van der Waals surface area contributed by atoms with Crippen LogP contribution < -0.4 is 10.2 Å². The minimum absolute atomic E-state index is 0.178. The summed E-state index contributed by atoms with van der Waals surface area (Å²) in [6.45, 7) is 7.62. The standard InChI is InChI=1S/C20H24N6OS/c1-14-13-28-20-18(14)19(23-15(2)24-20)22-8-6-17(27)26-11-9-25(10-12-26)16-5-3-4-7-21-16/h3-5,7,13H,6,8-12H2,1-2H3,(H,22,23,24). The second kappa shape index (κ2) is 8.10. The number of pyridine rings is 1. The van der Waals surface area contributed by atoms with E-state index in [0.29, 0.717) is 13.0 Å². The highest BCUT2D eigenvalue weighted by molar-refractivity contribution is 7.17. The summed E-state index contributed by atoms with van der Waals surface area (Å²) in [5.74, 6) is 2.73. The third kappa shape index (κ3) is 3.91. The van der Waals surface area contributed by atoms with Crippen LogP contribution in [0.25, 0.3) is 10.2 Å². The summed E-state index contributed by atoms with van der Waals surface area (Å²) < 4.78 is 0. The molecule has 7 nitrogen and oxygen atoms in total. The number of amides is 1. The van der Waals surface area contributed by atoms with Crippen molar-refractivity contribution in [1.29, 1.82) is 0 Å². The van der Waals surface area contributed by atoms with E-state index in [1.54, 1.807) is 17.5 Å². The molecule has 8 heteroatoms. The smallest absolute Gasteiger partial charge is 0.224 e. The predicted octanol–water partition coefficient (Wildman–Crippen LogP) is 2.85. The van der Waals surface area contributed by atoms with E-state index in [1.165, 1.54) is 5.56 Å². The summed E-state index contributed by atoms with van der Waals surface area (Å²) in [6.07, 6.45) is 2.26. The van der Waals surface area contributed by atoms with Crippen molar-refractivity contribution >= 4 is 39.1 Å². The van der Waals surface area contributed by atoms with E-state index < -0.39 is 0 Å². The molecular formula is C20H24N6OS. The highest BCUT2D eigenvalue weighted by Crippen LogP contribution is 2.29. The summed E-state index contributed by atoms with van der Waals surface area (Å²) >= 11 is 1.63. The molecule has 28 heavy (non-hydrogen) atoms. The third-order valence-corrected chi connectivity index (χ3v) is 5.96. The van der Waals surface area contributed by atoms with Crippen molar-refractivity contribution in [2.75, 3.05) is 42.9 Å². The Balaban J connectivity index is 1.31. The Bertz CT molecular complexity index is 965. The van der Waals surface area contributed by atoms with Gasteiger partial charge < -0.3 is 15.1 Å². The molecule has 146 valence electrons. The van der Waals surface area contributed by atoms with Crippen molar-refractivity contribution in [3.8, 4) is 0 Å². The van der Waals surface area contributed by atoms with Crippen molar-refractivity contribution in [3.05, 3.63) is 41.2 Å². The number of anilines is 2. The van der Waals surface area contributed by atoms with Gasteiger partial charge in [-0.05, 0) is 36.9 Å². The second-order valence-electron chi connectivity index (χ2n) is 6.95. The highest BCUT2D eigenvalue weighted by Gasteiger charge is 2.21. The lowest BCUT2D eigenvalue weighted by molar-refractivity contribution is -0.131. The maximum atomic E-state index is 12.6. The van der Waals surface area contributed by atoms with Gasteiger partial charge in [0.05, 0.1) is 5.39 Å². The van der Waals surface area contributed by atoms with Gasteiger partial charge in [-0.3, -0.25) is 4.79 Å². The molecule has 3 aromatic heterocycles. The average molecular weight is 397 g/mol. The number of nitrogens with zero attached hydrogens (tertiary/aromatic N) is 5. The van der Waals surface area contributed by atoms with E-state index in [1.807, 2.05) is 30.0 Å². The molecule has 1 fully saturated rings.